The number of alkyl halides is 2. The first-order valence-corrected chi connectivity index (χ1v) is 2.97. The van der Waals surface area contributed by atoms with Gasteiger partial charge in [-0.2, -0.15) is 8.78 Å². The van der Waals surface area contributed by atoms with Crippen LogP contribution in [0.2, 0.25) is 0 Å². The predicted molar refractivity (Wildman–Crippen MR) is 36.7 cm³/mol. The Kier molecular flexibility index (Phi) is 5.05. The molecule has 0 heterocycles. The highest BCUT2D eigenvalue weighted by Crippen LogP contribution is 1.91. The van der Waals surface area contributed by atoms with Crippen LogP contribution in [0.15, 0.2) is 0 Å². The van der Waals surface area contributed by atoms with Gasteiger partial charge in [0.2, 0.25) is 0 Å². The maximum Gasteiger partial charge on any atom is 0.345 e. The lowest BCUT2D eigenvalue weighted by Crippen LogP contribution is -2.32. The van der Waals surface area contributed by atoms with E-state index in [0.717, 1.165) is 0 Å². The largest absolute Gasteiger partial charge is 0.376 e. The predicted octanol–water partition coefficient (Wildman–Crippen LogP) is 0.0588. The van der Waals surface area contributed by atoms with Crippen LogP contribution in [0, 0.1) is 0 Å². The lowest BCUT2D eigenvalue weighted by atomic mass is 10.7. The van der Waals surface area contributed by atoms with Crippen molar-refractivity contribution >= 4 is 17.3 Å². The molecule has 0 saturated heterocycles. The maximum absolute atomic E-state index is 11.2. The van der Waals surface area contributed by atoms with E-state index in [-0.39, 0.29) is 18.3 Å². The monoisotopic (exact) mass is 170 g/mol. The third kappa shape index (κ3) is 7.51. The molecule has 0 radical (unpaired) electrons. The van der Waals surface area contributed by atoms with E-state index in [1.54, 1.807) is 0 Å². The molecule has 6 heteroatoms. The Bertz CT molecular complexity index is 111. The first kappa shape index (κ1) is 9.51. The third-order valence-corrected chi connectivity index (χ3v) is 0.789. The van der Waals surface area contributed by atoms with Crippen LogP contribution in [0.5, 0.6) is 0 Å². The first-order chi connectivity index (χ1) is 4.63. The normalized spacial score (nSPS) is 9.90. The number of nitrogens with two attached hydrogens (primary N) is 1. The second-order valence-corrected chi connectivity index (χ2v) is 1.86. The van der Waals surface area contributed by atoms with E-state index in [4.69, 9.17) is 5.73 Å². The molecule has 0 spiro atoms. The Labute approximate surface area is 62.5 Å². The Morgan fingerprint density at radius 3 is 2.70 bits per heavy atom. The van der Waals surface area contributed by atoms with Crippen LogP contribution < -0.4 is 11.1 Å². The van der Waals surface area contributed by atoms with Crippen molar-refractivity contribution in [3.8, 4) is 0 Å². The number of nitrogens with one attached hydrogen (secondary N) is 1. The smallest absolute Gasteiger partial charge is 0.345 e. The van der Waals surface area contributed by atoms with E-state index in [1.807, 2.05) is 0 Å². The van der Waals surface area contributed by atoms with E-state index in [1.165, 1.54) is 0 Å². The molecule has 3 nitrogen and oxygen atoms in total. The summed E-state index contributed by atoms with van der Waals surface area (Å²) in [5.74, 6) is 0. The number of hydrogen-bond acceptors (Lipinski definition) is 2. The van der Waals surface area contributed by atoms with Crippen LogP contribution >= 0.6 is 12.2 Å². The van der Waals surface area contributed by atoms with Crippen molar-refractivity contribution in [2.45, 2.75) is 6.61 Å². The van der Waals surface area contributed by atoms with Crippen LogP contribution in [-0.2, 0) is 4.74 Å². The van der Waals surface area contributed by atoms with Gasteiger partial charge in [0, 0.05) is 6.54 Å². The lowest BCUT2D eigenvalue weighted by Gasteiger charge is -2.03. The molecule has 0 atom stereocenters. The van der Waals surface area contributed by atoms with Crippen LogP contribution in [0.3, 0.4) is 0 Å². The minimum Gasteiger partial charge on any atom is -0.376 e. The second-order valence-electron chi connectivity index (χ2n) is 1.42. The molecular weight excluding hydrogens is 162 g/mol. The van der Waals surface area contributed by atoms with Crippen molar-refractivity contribution in [2.24, 2.45) is 5.73 Å². The standard InChI is InChI=1S/C4H8F2N2OS/c5-3(6)9-2-1-8-4(7)10/h3H,1-2H2,(H3,7,8,10). The van der Waals surface area contributed by atoms with Gasteiger partial charge in [-0.25, -0.2) is 0 Å². The molecule has 0 aliphatic heterocycles. The molecule has 0 aromatic heterocycles. The minimum absolute atomic E-state index is 0.0814. The van der Waals surface area contributed by atoms with Gasteiger partial charge in [0.15, 0.2) is 5.11 Å². The van der Waals surface area contributed by atoms with Crippen molar-refractivity contribution in [3.05, 3.63) is 0 Å². The van der Waals surface area contributed by atoms with E-state index in [2.05, 4.69) is 22.3 Å². The Balaban J connectivity index is 2.98. The van der Waals surface area contributed by atoms with Gasteiger partial charge >= 0.3 is 6.61 Å². The summed E-state index contributed by atoms with van der Waals surface area (Å²) in [4.78, 5) is 0. The fraction of sp³-hybridized carbons (Fsp3) is 0.750. The van der Waals surface area contributed by atoms with Gasteiger partial charge in [0.25, 0.3) is 0 Å². The molecule has 0 bridgehead atoms. The van der Waals surface area contributed by atoms with E-state index >= 15 is 0 Å². The summed E-state index contributed by atoms with van der Waals surface area (Å²) in [6.45, 7) is -2.62. The summed E-state index contributed by atoms with van der Waals surface area (Å²) >= 11 is 4.40. The third-order valence-electron chi connectivity index (χ3n) is 0.645. The highest BCUT2D eigenvalue weighted by Gasteiger charge is 1.99. The highest BCUT2D eigenvalue weighted by molar-refractivity contribution is 7.80. The summed E-state index contributed by atoms with van der Waals surface area (Å²) in [6.07, 6.45) is 0. The number of thiocarbonyl (C=S) groups is 1. The Hall–Kier alpha value is -0.490. The molecule has 0 aliphatic carbocycles. The van der Waals surface area contributed by atoms with Gasteiger partial charge in [-0.15, -0.1) is 0 Å². The summed E-state index contributed by atoms with van der Waals surface area (Å²) in [6, 6.07) is 0. The zero-order valence-corrected chi connectivity index (χ0v) is 5.96. The van der Waals surface area contributed by atoms with Crippen LogP contribution in [0.1, 0.15) is 0 Å². The lowest BCUT2D eigenvalue weighted by molar-refractivity contribution is -0.126. The molecule has 3 N–H and O–H groups in total. The van der Waals surface area contributed by atoms with Gasteiger partial charge in [0.1, 0.15) is 0 Å². The molecule has 0 aromatic carbocycles. The van der Waals surface area contributed by atoms with E-state index in [0.29, 0.717) is 0 Å². The minimum atomic E-state index is -2.73. The summed E-state index contributed by atoms with van der Waals surface area (Å²) in [7, 11) is 0. The van der Waals surface area contributed by atoms with Gasteiger partial charge in [-0.1, -0.05) is 0 Å². The van der Waals surface area contributed by atoms with E-state index < -0.39 is 6.61 Å². The molecular formula is C4H8F2N2OS. The number of hydrogen-bond donors (Lipinski definition) is 2. The molecule has 0 aliphatic rings. The molecule has 0 unspecified atom stereocenters. The van der Waals surface area contributed by atoms with Crippen molar-refractivity contribution in [1.82, 2.24) is 5.32 Å². The zero-order chi connectivity index (χ0) is 7.98. The average molecular weight is 170 g/mol. The first-order valence-electron chi connectivity index (χ1n) is 2.56. The zero-order valence-electron chi connectivity index (χ0n) is 5.14. The van der Waals surface area contributed by atoms with E-state index in [9.17, 15) is 8.78 Å². The summed E-state index contributed by atoms with van der Waals surface area (Å²) in [5.41, 5.74) is 4.99. The molecule has 0 aromatic rings. The van der Waals surface area contributed by atoms with Crippen molar-refractivity contribution in [3.63, 3.8) is 0 Å². The SMILES string of the molecule is NC(=S)NCCOC(F)F. The maximum atomic E-state index is 11.2. The van der Waals surface area contributed by atoms with Gasteiger partial charge < -0.3 is 15.8 Å². The van der Waals surface area contributed by atoms with Crippen LogP contribution in [-0.4, -0.2) is 24.9 Å². The summed E-state index contributed by atoms with van der Waals surface area (Å²) < 4.78 is 26.4. The van der Waals surface area contributed by atoms with Gasteiger partial charge in [0.05, 0.1) is 6.61 Å². The quantitative estimate of drug-likeness (QED) is 0.462. The molecule has 60 valence electrons. The van der Waals surface area contributed by atoms with Crippen LogP contribution in [0.4, 0.5) is 8.78 Å². The summed E-state index contributed by atoms with van der Waals surface area (Å²) in [5, 5.41) is 2.53. The highest BCUT2D eigenvalue weighted by atomic mass is 32.1. The van der Waals surface area contributed by atoms with Crippen molar-refractivity contribution in [2.75, 3.05) is 13.2 Å². The second kappa shape index (κ2) is 5.31. The van der Waals surface area contributed by atoms with Crippen LogP contribution in [0.25, 0.3) is 0 Å². The molecule has 0 saturated carbocycles. The Morgan fingerprint density at radius 2 is 2.30 bits per heavy atom. The number of rotatable bonds is 4. The molecule has 10 heavy (non-hydrogen) atoms. The Morgan fingerprint density at radius 1 is 1.70 bits per heavy atom. The molecule has 0 amide bonds. The molecule has 0 rings (SSSR count). The van der Waals surface area contributed by atoms with Crippen molar-refractivity contribution < 1.29 is 13.5 Å². The number of ether oxygens (including phenoxy) is 1. The topological polar surface area (TPSA) is 47.3 Å². The fourth-order valence-corrected chi connectivity index (χ4v) is 0.424. The fourth-order valence-electron chi connectivity index (χ4n) is 0.322. The number of halogens is 2. The average Bonchev–Trinajstić information content (AvgIpc) is 1.79. The van der Waals surface area contributed by atoms with Gasteiger partial charge in [-0.3, -0.25) is 0 Å². The molecule has 0 fully saturated rings. The van der Waals surface area contributed by atoms with Gasteiger partial charge in [-0.05, 0) is 12.2 Å². The van der Waals surface area contributed by atoms with Crippen molar-refractivity contribution in [1.29, 1.82) is 0 Å².